The van der Waals surface area contributed by atoms with Crippen molar-refractivity contribution in [1.29, 1.82) is 0 Å². The van der Waals surface area contributed by atoms with Gasteiger partial charge in [0.1, 0.15) is 0 Å². The third-order valence-electron chi connectivity index (χ3n) is 2.95. The van der Waals surface area contributed by atoms with Crippen LogP contribution in [0, 0.1) is 6.92 Å². The lowest BCUT2D eigenvalue weighted by Crippen LogP contribution is -2.21. The fraction of sp³-hybridized carbons (Fsp3) is 0.357. The van der Waals surface area contributed by atoms with E-state index in [1.807, 2.05) is 23.9 Å². The van der Waals surface area contributed by atoms with E-state index in [1.165, 1.54) is 5.56 Å². The van der Waals surface area contributed by atoms with Crippen molar-refractivity contribution in [3.05, 3.63) is 47.8 Å². The SMILES string of the molecule is CCC(N)Cc1ccc(-n2ccc(C)n2)cc1. The number of hydrogen-bond acceptors (Lipinski definition) is 2. The van der Waals surface area contributed by atoms with E-state index >= 15 is 0 Å². The summed E-state index contributed by atoms with van der Waals surface area (Å²) in [6.45, 7) is 4.11. The molecule has 0 aliphatic heterocycles. The number of nitrogens with two attached hydrogens (primary N) is 1. The first-order valence-electron chi connectivity index (χ1n) is 6.06. The summed E-state index contributed by atoms with van der Waals surface area (Å²) in [7, 11) is 0. The number of aryl methyl sites for hydroxylation is 1. The molecule has 1 heterocycles. The highest BCUT2D eigenvalue weighted by atomic mass is 15.3. The number of benzene rings is 1. The molecule has 0 amide bonds. The van der Waals surface area contributed by atoms with Gasteiger partial charge in [-0.15, -0.1) is 0 Å². The minimum atomic E-state index is 0.257. The van der Waals surface area contributed by atoms with Crippen LogP contribution in [0.1, 0.15) is 24.6 Å². The molecule has 0 bridgehead atoms. The van der Waals surface area contributed by atoms with Crippen molar-refractivity contribution in [2.75, 3.05) is 0 Å². The molecule has 2 N–H and O–H groups in total. The molecule has 2 aromatic rings. The van der Waals surface area contributed by atoms with Gasteiger partial charge in [-0.3, -0.25) is 0 Å². The average Bonchev–Trinajstić information content (AvgIpc) is 2.77. The van der Waals surface area contributed by atoms with E-state index in [0.29, 0.717) is 0 Å². The maximum Gasteiger partial charge on any atom is 0.0645 e. The number of aromatic nitrogens is 2. The van der Waals surface area contributed by atoms with Gasteiger partial charge in [0.25, 0.3) is 0 Å². The van der Waals surface area contributed by atoms with Crippen LogP contribution in [0.25, 0.3) is 5.69 Å². The van der Waals surface area contributed by atoms with Gasteiger partial charge < -0.3 is 5.73 Å². The lowest BCUT2D eigenvalue weighted by Gasteiger charge is -2.09. The highest BCUT2D eigenvalue weighted by Gasteiger charge is 2.02. The van der Waals surface area contributed by atoms with Gasteiger partial charge in [0.2, 0.25) is 0 Å². The van der Waals surface area contributed by atoms with Crippen molar-refractivity contribution in [2.24, 2.45) is 5.73 Å². The second kappa shape index (κ2) is 5.15. The largest absolute Gasteiger partial charge is 0.327 e. The summed E-state index contributed by atoms with van der Waals surface area (Å²) in [6.07, 6.45) is 3.93. The van der Waals surface area contributed by atoms with Crippen LogP contribution in [0.2, 0.25) is 0 Å². The van der Waals surface area contributed by atoms with Crippen LogP contribution in [0.4, 0.5) is 0 Å². The second-order valence-electron chi connectivity index (χ2n) is 4.44. The van der Waals surface area contributed by atoms with Gasteiger partial charge in [-0.05, 0) is 43.5 Å². The van der Waals surface area contributed by atoms with E-state index in [-0.39, 0.29) is 6.04 Å². The van der Waals surface area contributed by atoms with E-state index in [0.717, 1.165) is 24.2 Å². The number of nitrogens with zero attached hydrogens (tertiary/aromatic N) is 2. The number of hydrogen-bond donors (Lipinski definition) is 1. The van der Waals surface area contributed by atoms with Gasteiger partial charge in [0.05, 0.1) is 11.4 Å². The molecule has 1 aromatic heterocycles. The molecule has 0 spiro atoms. The van der Waals surface area contributed by atoms with Crippen LogP contribution in [0.15, 0.2) is 36.5 Å². The first-order chi connectivity index (χ1) is 8.19. The zero-order valence-electron chi connectivity index (χ0n) is 10.4. The lowest BCUT2D eigenvalue weighted by atomic mass is 10.0. The highest BCUT2D eigenvalue weighted by Crippen LogP contribution is 2.11. The average molecular weight is 229 g/mol. The molecule has 0 radical (unpaired) electrons. The Balaban J connectivity index is 2.13. The molecule has 0 aliphatic carbocycles. The van der Waals surface area contributed by atoms with E-state index < -0.39 is 0 Å². The summed E-state index contributed by atoms with van der Waals surface area (Å²) in [5, 5.41) is 4.38. The van der Waals surface area contributed by atoms with Crippen LogP contribution in [0.3, 0.4) is 0 Å². The van der Waals surface area contributed by atoms with Gasteiger partial charge in [0, 0.05) is 12.2 Å². The molecular formula is C14H19N3. The molecule has 2 rings (SSSR count). The van der Waals surface area contributed by atoms with E-state index in [2.05, 4.69) is 36.3 Å². The highest BCUT2D eigenvalue weighted by molar-refractivity contribution is 5.34. The first kappa shape index (κ1) is 11.9. The summed E-state index contributed by atoms with van der Waals surface area (Å²) >= 11 is 0. The van der Waals surface area contributed by atoms with Crippen LogP contribution >= 0.6 is 0 Å². The van der Waals surface area contributed by atoms with Crippen molar-refractivity contribution >= 4 is 0 Å². The Kier molecular flexibility index (Phi) is 3.59. The maximum absolute atomic E-state index is 5.94. The molecule has 1 atom stereocenters. The fourth-order valence-corrected chi connectivity index (χ4v) is 1.79. The molecule has 0 saturated heterocycles. The van der Waals surface area contributed by atoms with Crippen molar-refractivity contribution in [1.82, 2.24) is 9.78 Å². The summed E-state index contributed by atoms with van der Waals surface area (Å²) in [6, 6.07) is 10.7. The Bertz CT molecular complexity index is 470. The Labute approximate surface area is 102 Å². The molecule has 0 saturated carbocycles. The molecule has 1 unspecified atom stereocenters. The quantitative estimate of drug-likeness (QED) is 0.875. The maximum atomic E-state index is 5.94. The van der Waals surface area contributed by atoms with Crippen LogP contribution in [-0.4, -0.2) is 15.8 Å². The summed E-state index contributed by atoms with van der Waals surface area (Å²) < 4.78 is 1.89. The topological polar surface area (TPSA) is 43.8 Å². The van der Waals surface area contributed by atoms with E-state index in [4.69, 9.17) is 5.73 Å². The molecule has 3 heteroatoms. The van der Waals surface area contributed by atoms with Gasteiger partial charge in [-0.2, -0.15) is 5.10 Å². The number of rotatable bonds is 4. The summed E-state index contributed by atoms with van der Waals surface area (Å²) in [4.78, 5) is 0. The van der Waals surface area contributed by atoms with E-state index in [1.54, 1.807) is 0 Å². The Morgan fingerprint density at radius 3 is 2.47 bits per heavy atom. The monoisotopic (exact) mass is 229 g/mol. The molecule has 0 aliphatic rings. The smallest absolute Gasteiger partial charge is 0.0645 e. The predicted molar refractivity (Wildman–Crippen MR) is 70.3 cm³/mol. The fourth-order valence-electron chi connectivity index (χ4n) is 1.79. The summed E-state index contributed by atoms with van der Waals surface area (Å²) in [5.41, 5.74) is 9.34. The third-order valence-corrected chi connectivity index (χ3v) is 2.95. The zero-order valence-corrected chi connectivity index (χ0v) is 10.4. The van der Waals surface area contributed by atoms with Crippen LogP contribution in [-0.2, 0) is 6.42 Å². The van der Waals surface area contributed by atoms with Gasteiger partial charge in [-0.1, -0.05) is 19.1 Å². The normalized spacial score (nSPS) is 12.6. The van der Waals surface area contributed by atoms with Crippen LogP contribution in [0.5, 0.6) is 0 Å². The molecule has 1 aromatic carbocycles. The molecule has 3 nitrogen and oxygen atoms in total. The van der Waals surface area contributed by atoms with Crippen molar-refractivity contribution in [3.8, 4) is 5.69 Å². The van der Waals surface area contributed by atoms with Gasteiger partial charge >= 0.3 is 0 Å². The summed E-state index contributed by atoms with van der Waals surface area (Å²) in [5.74, 6) is 0. The predicted octanol–water partition coefficient (Wildman–Crippen LogP) is 2.46. The molecular weight excluding hydrogens is 210 g/mol. The van der Waals surface area contributed by atoms with Gasteiger partial charge in [-0.25, -0.2) is 4.68 Å². The Morgan fingerprint density at radius 1 is 1.24 bits per heavy atom. The minimum Gasteiger partial charge on any atom is -0.327 e. The van der Waals surface area contributed by atoms with E-state index in [9.17, 15) is 0 Å². The Hall–Kier alpha value is -1.61. The zero-order chi connectivity index (χ0) is 12.3. The van der Waals surface area contributed by atoms with Gasteiger partial charge in [0.15, 0.2) is 0 Å². The van der Waals surface area contributed by atoms with Crippen molar-refractivity contribution < 1.29 is 0 Å². The molecule has 90 valence electrons. The third kappa shape index (κ3) is 2.94. The van der Waals surface area contributed by atoms with Crippen molar-refractivity contribution in [2.45, 2.75) is 32.7 Å². The standard InChI is InChI=1S/C14H19N3/c1-3-13(15)10-12-4-6-14(7-5-12)17-9-8-11(2)16-17/h4-9,13H,3,10,15H2,1-2H3. The first-order valence-corrected chi connectivity index (χ1v) is 6.06. The minimum absolute atomic E-state index is 0.257. The Morgan fingerprint density at radius 2 is 1.94 bits per heavy atom. The lowest BCUT2D eigenvalue weighted by molar-refractivity contribution is 0.646. The van der Waals surface area contributed by atoms with Crippen LogP contribution < -0.4 is 5.73 Å². The van der Waals surface area contributed by atoms with Crippen molar-refractivity contribution in [3.63, 3.8) is 0 Å². The molecule has 17 heavy (non-hydrogen) atoms. The second-order valence-corrected chi connectivity index (χ2v) is 4.44. The molecule has 0 fully saturated rings.